The van der Waals surface area contributed by atoms with Crippen LogP contribution in [0.5, 0.6) is 5.75 Å². The van der Waals surface area contributed by atoms with Gasteiger partial charge in [-0.2, -0.15) is 9.78 Å². The molecule has 0 spiro atoms. The van der Waals surface area contributed by atoms with Crippen LogP contribution < -0.4 is 10.3 Å². The number of carboxylic acid groups (broad SMARTS) is 1. The van der Waals surface area contributed by atoms with Crippen molar-refractivity contribution in [3.8, 4) is 5.75 Å². The molecule has 160 valence electrons. The molecule has 0 unspecified atom stereocenters. The Kier molecular flexibility index (Phi) is 6.75. The fourth-order valence-corrected chi connectivity index (χ4v) is 3.20. The van der Waals surface area contributed by atoms with E-state index >= 15 is 0 Å². The molecule has 31 heavy (non-hydrogen) atoms. The van der Waals surface area contributed by atoms with Crippen LogP contribution in [0, 0.1) is 10.1 Å². The first-order chi connectivity index (χ1) is 14.8. The second-order valence-corrected chi connectivity index (χ2v) is 7.38. The van der Waals surface area contributed by atoms with Crippen molar-refractivity contribution in [3.63, 3.8) is 0 Å². The molecule has 0 atom stereocenters. The lowest BCUT2D eigenvalue weighted by molar-refractivity contribution is -0.384. The molecule has 0 aliphatic heterocycles. The van der Waals surface area contributed by atoms with Crippen molar-refractivity contribution < 1.29 is 19.6 Å². The number of halogens is 1. The van der Waals surface area contributed by atoms with Crippen LogP contribution in [-0.2, 0) is 11.2 Å². The molecule has 1 N–H and O–H groups in total. The van der Waals surface area contributed by atoms with E-state index in [1.807, 2.05) is 6.92 Å². The Morgan fingerprint density at radius 1 is 1.35 bits per heavy atom. The van der Waals surface area contributed by atoms with Gasteiger partial charge in [0.2, 0.25) is 0 Å². The van der Waals surface area contributed by atoms with E-state index < -0.39 is 23.1 Å². The zero-order chi connectivity index (χ0) is 22.5. The fourth-order valence-electron chi connectivity index (χ4n) is 2.84. The number of hydrogen-bond acceptors (Lipinski definition) is 7. The SMILES string of the molecule is CCCc1nc2ccc(Br)cc2c(=O)n1N=Cc1cc([N+](=O)[O-])ccc1OCC(=O)O. The van der Waals surface area contributed by atoms with Gasteiger partial charge in [-0.15, -0.1) is 0 Å². The Labute approximate surface area is 184 Å². The molecule has 0 aliphatic rings. The molecule has 0 radical (unpaired) electrons. The first-order valence-electron chi connectivity index (χ1n) is 9.18. The Morgan fingerprint density at radius 3 is 2.81 bits per heavy atom. The van der Waals surface area contributed by atoms with Crippen LogP contribution >= 0.6 is 15.9 Å². The highest BCUT2D eigenvalue weighted by Crippen LogP contribution is 2.23. The molecule has 1 heterocycles. The fraction of sp³-hybridized carbons (Fsp3) is 0.200. The van der Waals surface area contributed by atoms with Crippen LogP contribution in [0.2, 0.25) is 0 Å². The Balaban J connectivity index is 2.13. The third kappa shape index (κ3) is 5.12. The summed E-state index contributed by atoms with van der Waals surface area (Å²) in [6, 6.07) is 8.82. The number of hydrogen-bond donors (Lipinski definition) is 1. The van der Waals surface area contributed by atoms with Crippen molar-refractivity contribution in [2.24, 2.45) is 5.10 Å². The van der Waals surface area contributed by atoms with Gasteiger partial charge in [-0.05, 0) is 30.7 Å². The molecule has 0 fully saturated rings. The highest BCUT2D eigenvalue weighted by Gasteiger charge is 2.14. The smallest absolute Gasteiger partial charge is 0.341 e. The Bertz CT molecular complexity index is 1250. The van der Waals surface area contributed by atoms with Crippen molar-refractivity contribution >= 4 is 44.7 Å². The number of benzene rings is 2. The topological polar surface area (TPSA) is 137 Å². The summed E-state index contributed by atoms with van der Waals surface area (Å²) in [6.45, 7) is 1.30. The van der Waals surface area contributed by atoms with Gasteiger partial charge in [0.1, 0.15) is 11.6 Å². The second kappa shape index (κ2) is 9.47. The van der Waals surface area contributed by atoms with Crippen molar-refractivity contribution in [1.82, 2.24) is 9.66 Å². The lowest BCUT2D eigenvalue weighted by Gasteiger charge is -2.10. The molecule has 3 aromatic rings. The van der Waals surface area contributed by atoms with Gasteiger partial charge >= 0.3 is 5.97 Å². The van der Waals surface area contributed by atoms with Crippen molar-refractivity contribution in [2.75, 3.05) is 6.61 Å². The van der Waals surface area contributed by atoms with Crippen molar-refractivity contribution in [2.45, 2.75) is 19.8 Å². The maximum absolute atomic E-state index is 13.0. The molecule has 0 bridgehead atoms. The number of carboxylic acids is 1. The molecule has 0 aliphatic carbocycles. The van der Waals surface area contributed by atoms with Gasteiger partial charge in [-0.25, -0.2) is 9.78 Å². The normalized spacial score (nSPS) is 11.2. The van der Waals surface area contributed by atoms with Gasteiger partial charge in [-0.1, -0.05) is 22.9 Å². The van der Waals surface area contributed by atoms with E-state index in [1.54, 1.807) is 18.2 Å². The Morgan fingerprint density at radius 2 is 2.13 bits per heavy atom. The first kappa shape index (κ1) is 22.1. The number of rotatable bonds is 8. The van der Waals surface area contributed by atoms with Crippen molar-refractivity contribution in [1.29, 1.82) is 0 Å². The summed E-state index contributed by atoms with van der Waals surface area (Å²) in [6.07, 6.45) is 2.42. The Hall–Kier alpha value is -3.60. The highest BCUT2D eigenvalue weighted by atomic mass is 79.9. The summed E-state index contributed by atoms with van der Waals surface area (Å²) in [5.74, 6) is -0.692. The predicted octanol–water partition coefficient (Wildman–Crippen LogP) is 3.37. The standard InChI is InChI=1S/C20H17BrN4O6/c1-2-3-18-23-16-6-4-13(21)9-15(16)20(28)24(18)22-10-12-8-14(25(29)30)5-7-17(12)31-11-19(26)27/h4-10H,2-3,11H2,1H3,(H,26,27). The lowest BCUT2D eigenvalue weighted by atomic mass is 10.2. The first-order valence-corrected chi connectivity index (χ1v) is 9.98. The van der Waals surface area contributed by atoms with Gasteiger partial charge in [0.25, 0.3) is 11.2 Å². The summed E-state index contributed by atoms with van der Waals surface area (Å²) >= 11 is 3.33. The van der Waals surface area contributed by atoms with E-state index in [0.29, 0.717) is 34.0 Å². The van der Waals surface area contributed by atoms with E-state index in [0.717, 1.165) is 4.68 Å². The van der Waals surface area contributed by atoms with Gasteiger partial charge < -0.3 is 9.84 Å². The summed E-state index contributed by atoms with van der Waals surface area (Å²) in [4.78, 5) is 38.9. The zero-order valence-electron chi connectivity index (χ0n) is 16.3. The minimum absolute atomic E-state index is 0.0818. The highest BCUT2D eigenvalue weighted by molar-refractivity contribution is 9.10. The third-order valence-electron chi connectivity index (χ3n) is 4.22. The number of carbonyl (C=O) groups is 1. The zero-order valence-corrected chi connectivity index (χ0v) is 17.9. The van der Waals surface area contributed by atoms with Gasteiger partial charge in [0, 0.05) is 28.6 Å². The quantitative estimate of drug-likeness (QED) is 0.291. The molecule has 0 saturated heterocycles. The number of aromatic nitrogens is 2. The maximum Gasteiger partial charge on any atom is 0.341 e. The summed E-state index contributed by atoms with van der Waals surface area (Å²) < 4.78 is 7.04. The molecule has 2 aromatic carbocycles. The number of fused-ring (bicyclic) bond motifs is 1. The monoisotopic (exact) mass is 488 g/mol. The van der Waals surface area contributed by atoms with Crippen LogP contribution in [0.3, 0.4) is 0 Å². The lowest BCUT2D eigenvalue weighted by Crippen LogP contribution is -2.22. The largest absolute Gasteiger partial charge is 0.481 e. The summed E-state index contributed by atoms with van der Waals surface area (Å²) in [5.41, 5.74) is 0.0540. The van der Waals surface area contributed by atoms with E-state index in [4.69, 9.17) is 9.84 Å². The predicted molar refractivity (Wildman–Crippen MR) is 117 cm³/mol. The molecular weight excluding hydrogens is 472 g/mol. The number of nitro groups is 1. The van der Waals surface area contributed by atoms with Crippen LogP contribution in [0.15, 0.2) is 50.8 Å². The number of nitrogens with zero attached hydrogens (tertiary/aromatic N) is 4. The molecule has 0 amide bonds. The van der Waals surface area contributed by atoms with Crippen LogP contribution in [0.1, 0.15) is 24.7 Å². The minimum Gasteiger partial charge on any atom is -0.481 e. The van der Waals surface area contributed by atoms with Gasteiger partial charge in [0.15, 0.2) is 6.61 Å². The molecule has 11 heteroatoms. The number of ether oxygens (including phenoxy) is 1. The average molecular weight is 489 g/mol. The number of aryl methyl sites for hydroxylation is 1. The van der Waals surface area contributed by atoms with Gasteiger partial charge in [-0.3, -0.25) is 14.9 Å². The number of non-ortho nitro benzene ring substituents is 1. The number of nitro benzene ring substituents is 1. The summed E-state index contributed by atoms with van der Waals surface area (Å²) in [7, 11) is 0. The average Bonchev–Trinajstić information content (AvgIpc) is 2.73. The van der Waals surface area contributed by atoms with E-state index in [-0.39, 0.29) is 17.0 Å². The van der Waals surface area contributed by atoms with E-state index in [2.05, 4.69) is 26.0 Å². The van der Waals surface area contributed by atoms with Crippen LogP contribution in [-0.4, -0.2) is 38.5 Å². The van der Waals surface area contributed by atoms with Crippen LogP contribution in [0.25, 0.3) is 10.9 Å². The molecule has 10 nitrogen and oxygen atoms in total. The number of aliphatic carboxylic acids is 1. The molecular formula is C20H17BrN4O6. The van der Waals surface area contributed by atoms with Crippen molar-refractivity contribution in [3.05, 3.63) is 72.7 Å². The van der Waals surface area contributed by atoms with E-state index in [1.165, 1.54) is 24.4 Å². The third-order valence-corrected chi connectivity index (χ3v) is 4.71. The molecule has 0 saturated carbocycles. The second-order valence-electron chi connectivity index (χ2n) is 6.46. The molecule has 3 rings (SSSR count). The summed E-state index contributed by atoms with van der Waals surface area (Å²) in [5, 5.41) is 24.5. The van der Waals surface area contributed by atoms with Gasteiger partial charge in [0.05, 0.1) is 22.0 Å². The molecule has 1 aromatic heterocycles. The van der Waals surface area contributed by atoms with E-state index in [9.17, 15) is 19.7 Å². The maximum atomic E-state index is 13.0. The van der Waals surface area contributed by atoms with Crippen LogP contribution in [0.4, 0.5) is 5.69 Å². The minimum atomic E-state index is -1.20.